The molecule has 0 radical (unpaired) electrons. The van der Waals surface area contributed by atoms with Gasteiger partial charge in [0.05, 0.1) is 7.11 Å². The van der Waals surface area contributed by atoms with E-state index >= 15 is 0 Å². The first-order valence-electron chi connectivity index (χ1n) is 3.58. The highest BCUT2D eigenvalue weighted by Crippen LogP contribution is 2.28. The predicted octanol–water partition coefficient (Wildman–Crippen LogP) is 2.49. The Morgan fingerprint density at radius 2 is 2.29 bits per heavy atom. The molecule has 0 saturated carbocycles. The maximum Gasteiger partial charge on any atom is 0.281 e. The predicted molar refractivity (Wildman–Crippen MR) is 46.1 cm³/mol. The summed E-state index contributed by atoms with van der Waals surface area (Å²) in [5, 5.41) is -0.187. The molecule has 0 bridgehead atoms. The molecule has 0 N–H and O–H groups in total. The lowest BCUT2D eigenvalue weighted by molar-refractivity contribution is 0.110. The highest BCUT2D eigenvalue weighted by molar-refractivity contribution is 6.30. The van der Waals surface area contributed by atoms with E-state index in [1.54, 1.807) is 0 Å². The van der Waals surface area contributed by atoms with E-state index in [9.17, 15) is 13.6 Å². The number of hydrogen-bond acceptors (Lipinski definition) is 3. The van der Waals surface area contributed by atoms with E-state index in [1.807, 2.05) is 0 Å². The van der Waals surface area contributed by atoms with Crippen LogP contribution in [0.15, 0.2) is 6.07 Å². The molecule has 1 rings (SSSR count). The standard InChI is InChI=1S/C8H6ClF2NO2/c1-14-5-2-4(3-13)6(8(10)11)12-7(5)9/h2-3,8H,1H3. The van der Waals surface area contributed by atoms with Crippen LogP contribution in [0.5, 0.6) is 5.75 Å². The van der Waals surface area contributed by atoms with E-state index in [-0.39, 0.29) is 22.8 Å². The monoisotopic (exact) mass is 221 g/mol. The Morgan fingerprint density at radius 1 is 1.64 bits per heavy atom. The van der Waals surface area contributed by atoms with Crippen molar-refractivity contribution >= 4 is 17.9 Å². The number of carbonyl (C=O) groups is 1. The Bertz CT molecular complexity index is 357. The van der Waals surface area contributed by atoms with Crippen LogP contribution in [0.3, 0.4) is 0 Å². The molecule has 76 valence electrons. The summed E-state index contributed by atoms with van der Waals surface area (Å²) in [6.45, 7) is 0. The summed E-state index contributed by atoms with van der Waals surface area (Å²) in [7, 11) is 1.31. The number of hydrogen-bond donors (Lipinski definition) is 0. The van der Waals surface area contributed by atoms with Gasteiger partial charge in [0, 0.05) is 5.56 Å². The zero-order chi connectivity index (χ0) is 10.7. The SMILES string of the molecule is COc1cc(C=O)c(C(F)F)nc1Cl. The maximum atomic E-state index is 12.3. The molecule has 0 fully saturated rings. The fraction of sp³-hybridized carbons (Fsp3) is 0.250. The molecule has 6 heteroatoms. The van der Waals surface area contributed by atoms with Crippen LogP contribution in [-0.2, 0) is 0 Å². The number of rotatable bonds is 3. The van der Waals surface area contributed by atoms with Crippen LogP contribution >= 0.6 is 11.6 Å². The number of ether oxygens (including phenoxy) is 1. The third kappa shape index (κ3) is 1.98. The second-order valence-corrected chi connectivity index (χ2v) is 2.73. The van der Waals surface area contributed by atoms with Crippen molar-refractivity contribution in [2.75, 3.05) is 7.11 Å². The first-order chi connectivity index (χ1) is 6.60. The molecule has 1 aromatic heterocycles. The Balaban J connectivity index is 3.31. The second-order valence-electron chi connectivity index (χ2n) is 2.37. The average Bonchev–Trinajstić information content (AvgIpc) is 2.17. The summed E-state index contributed by atoms with van der Waals surface area (Å²) in [4.78, 5) is 13.8. The van der Waals surface area contributed by atoms with Crippen LogP contribution in [0.2, 0.25) is 5.15 Å². The third-order valence-electron chi connectivity index (χ3n) is 1.56. The van der Waals surface area contributed by atoms with Gasteiger partial charge in [0.2, 0.25) is 0 Å². The maximum absolute atomic E-state index is 12.3. The molecule has 3 nitrogen and oxygen atoms in total. The number of nitrogens with zero attached hydrogens (tertiary/aromatic N) is 1. The summed E-state index contributed by atoms with van der Waals surface area (Å²) in [6.07, 6.45) is -2.55. The summed E-state index contributed by atoms with van der Waals surface area (Å²) in [6, 6.07) is 1.13. The molecule has 0 atom stereocenters. The number of pyridine rings is 1. The summed E-state index contributed by atoms with van der Waals surface area (Å²) < 4.78 is 29.3. The van der Waals surface area contributed by atoms with Gasteiger partial charge >= 0.3 is 0 Å². The van der Waals surface area contributed by atoms with Crippen molar-refractivity contribution < 1.29 is 18.3 Å². The molecule has 0 amide bonds. The highest BCUT2D eigenvalue weighted by Gasteiger charge is 2.17. The van der Waals surface area contributed by atoms with Crippen molar-refractivity contribution in [3.8, 4) is 5.75 Å². The third-order valence-corrected chi connectivity index (χ3v) is 1.83. The molecule has 14 heavy (non-hydrogen) atoms. The van der Waals surface area contributed by atoms with Crippen molar-refractivity contribution in [2.45, 2.75) is 6.43 Å². The summed E-state index contributed by atoms with van der Waals surface area (Å²) >= 11 is 5.52. The van der Waals surface area contributed by atoms with Gasteiger partial charge in [-0.05, 0) is 6.07 Å². The normalized spacial score (nSPS) is 10.4. The Morgan fingerprint density at radius 3 is 2.71 bits per heavy atom. The van der Waals surface area contributed by atoms with E-state index in [4.69, 9.17) is 16.3 Å². The lowest BCUT2D eigenvalue weighted by Gasteiger charge is -2.07. The second kappa shape index (κ2) is 4.32. The fourth-order valence-corrected chi connectivity index (χ4v) is 1.14. The fourth-order valence-electron chi connectivity index (χ4n) is 0.912. The van der Waals surface area contributed by atoms with Crippen molar-refractivity contribution in [3.05, 3.63) is 22.5 Å². The van der Waals surface area contributed by atoms with Gasteiger partial charge in [-0.15, -0.1) is 0 Å². The summed E-state index contributed by atoms with van der Waals surface area (Å²) in [5.41, 5.74) is -0.855. The lowest BCUT2D eigenvalue weighted by atomic mass is 10.2. The first-order valence-corrected chi connectivity index (χ1v) is 3.95. The zero-order valence-electron chi connectivity index (χ0n) is 7.13. The topological polar surface area (TPSA) is 39.2 Å². The van der Waals surface area contributed by atoms with Crippen LogP contribution in [0.4, 0.5) is 8.78 Å². The van der Waals surface area contributed by atoms with Crippen molar-refractivity contribution in [1.82, 2.24) is 4.98 Å². The van der Waals surface area contributed by atoms with Gasteiger partial charge in [-0.3, -0.25) is 4.79 Å². The van der Waals surface area contributed by atoms with Gasteiger partial charge < -0.3 is 4.74 Å². The van der Waals surface area contributed by atoms with E-state index < -0.39 is 12.1 Å². The Labute approximate surface area is 83.7 Å². The van der Waals surface area contributed by atoms with Gasteiger partial charge in [-0.25, -0.2) is 13.8 Å². The van der Waals surface area contributed by atoms with Crippen molar-refractivity contribution in [3.63, 3.8) is 0 Å². The Hall–Kier alpha value is -1.23. The molecule has 0 aliphatic carbocycles. The molecule has 0 aliphatic rings. The smallest absolute Gasteiger partial charge is 0.281 e. The van der Waals surface area contributed by atoms with E-state index in [2.05, 4.69) is 4.98 Å². The van der Waals surface area contributed by atoms with E-state index in [0.29, 0.717) is 0 Å². The number of halogens is 3. The number of aromatic nitrogens is 1. The molecule has 0 saturated heterocycles. The van der Waals surface area contributed by atoms with Crippen LogP contribution < -0.4 is 4.74 Å². The van der Waals surface area contributed by atoms with Gasteiger partial charge in [0.25, 0.3) is 6.43 Å². The number of methoxy groups -OCH3 is 1. The summed E-state index contributed by atoms with van der Waals surface area (Å²) in [5.74, 6) is 0.0955. The highest BCUT2D eigenvalue weighted by atomic mass is 35.5. The van der Waals surface area contributed by atoms with Crippen LogP contribution in [-0.4, -0.2) is 18.4 Å². The molecule has 0 aliphatic heterocycles. The molecule has 1 aromatic rings. The van der Waals surface area contributed by atoms with Gasteiger partial charge in [-0.2, -0.15) is 0 Å². The first kappa shape index (κ1) is 10.8. The largest absolute Gasteiger partial charge is 0.494 e. The van der Waals surface area contributed by atoms with Crippen LogP contribution in [0.1, 0.15) is 22.5 Å². The minimum atomic E-state index is -2.83. The molecule has 0 unspecified atom stereocenters. The quantitative estimate of drug-likeness (QED) is 0.582. The molecule has 1 heterocycles. The average molecular weight is 222 g/mol. The van der Waals surface area contributed by atoms with E-state index in [0.717, 1.165) is 6.07 Å². The molecular weight excluding hydrogens is 216 g/mol. The number of aldehydes is 1. The van der Waals surface area contributed by atoms with Crippen molar-refractivity contribution in [1.29, 1.82) is 0 Å². The molecule has 0 spiro atoms. The Kier molecular flexibility index (Phi) is 3.35. The molecule has 0 aromatic carbocycles. The van der Waals surface area contributed by atoms with E-state index in [1.165, 1.54) is 7.11 Å². The van der Waals surface area contributed by atoms with Gasteiger partial charge in [-0.1, -0.05) is 11.6 Å². The van der Waals surface area contributed by atoms with Gasteiger partial charge in [0.1, 0.15) is 5.69 Å². The number of alkyl halides is 2. The van der Waals surface area contributed by atoms with Gasteiger partial charge in [0.15, 0.2) is 17.2 Å². The number of carbonyl (C=O) groups excluding carboxylic acids is 1. The minimum Gasteiger partial charge on any atom is -0.494 e. The van der Waals surface area contributed by atoms with Crippen LogP contribution in [0.25, 0.3) is 0 Å². The zero-order valence-corrected chi connectivity index (χ0v) is 7.89. The van der Waals surface area contributed by atoms with Crippen LogP contribution in [0, 0.1) is 0 Å². The van der Waals surface area contributed by atoms with Crippen molar-refractivity contribution in [2.24, 2.45) is 0 Å². The lowest BCUT2D eigenvalue weighted by Crippen LogP contribution is -2.00. The minimum absolute atomic E-state index is 0.0955. The molecular formula is C8H6ClF2NO2.